The molecule has 0 radical (unpaired) electrons. The van der Waals surface area contributed by atoms with Gasteiger partial charge in [-0.1, -0.05) is 20.8 Å². The summed E-state index contributed by atoms with van der Waals surface area (Å²) >= 11 is 0. The van der Waals surface area contributed by atoms with E-state index >= 15 is 0 Å². The molecule has 1 aromatic heterocycles. The van der Waals surface area contributed by atoms with Gasteiger partial charge in [0.25, 0.3) is 0 Å². The van der Waals surface area contributed by atoms with Gasteiger partial charge in [0.15, 0.2) is 0 Å². The molecule has 1 N–H and O–H groups in total. The zero-order valence-corrected chi connectivity index (χ0v) is 13.1. The third-order valence-corrected chi connectivity index (χ3v) is 3.38. The van der Waals surface area contributed by atoms with Gasteiger partial charge in [-0.05, 0) is 31.9 Å². The highest BCUT2D eigenvalue weighted by atomic mass is 15.2. The van der Waals surface area contributed by atoms with Crippen LogP contribution >= 0.6 is 0 Å². The first-order chi connectivity index (χ1) is 8.97. The quantitative estimate of drug-likeness (QED) is 0.822. The lowest BCUT2D eigenvalue weighted by atomic mass is 9.86. The Hall–Kier alpha value is -1.16. The van der Waals surface area contributed by atoms with Crippen LogP contribution in [-0.4, -0.2) is 36.6 Å². The summed E-state index contributed by atoms with van der Waals surface area (Å²) < 4.78 is 0. The van der Waals surface area contributed by atoms with Gasteiger partial charge < -0.3 is 10.2 Å². The molecule has 0 spiro atoms. The number of aromatic nitrogens is 2. The van der Waals surface area contributed by atoms with Crippen molar-refractivity contribution in [1.29, 1.82) is 0 Å². The number of nitrogens with one attached hydrogen (secondary N) is 1. The van der Waals surface area contributed by atoms with E-state index in [9.17, 15) is 0 Å². The Morgan fingerprint density at radius 3 is 2.47 bits per heavy atom. The van der Waals surface area contributed by atoms with Crippen molar-refractivity contribution in [3.63, 3.8) is 0 Å². The fourth-order valence-corrected chi connectivity index (χ4v) is 2.44. The number of nitrogens with zero attached hydrogens (tertiary/aromatic N) is 3. The third kappa shape index (κ3) is 4.46. The van der Waals surface area contributed by atoms with Gasteiger partial charge in [0, 0.05) is 32.3 Å². The van der Waals surface area contributed by atoms with E-state index in [1.807, 2.05) is 31.3 Å². The molecule has 0 fully saturated rings. The van der Waals surface area contributed by atoms with Crippen molar-refractivity contribution in [3.8, 4) is 0 Å². The molecule has 4 heteroatoms. The maximum atomic E-state index is 4.70. The van der Waals surface area contributed by atoms with Crippen LogP contribution in [0.2, 0.25) is 0 Å². The van der Waals surface area contributed by atoms with Gasteiger partial charge in [-0.25, -0.2) is 9.97 Å². The van der Waals surface area contributed by atoms with Crippen molar-refractivity contribution in [2.24, 2.45) is 5.92 Å². The van der Waals surface area contributed by atoms with Gasteiger partial charge in [0.05, 0.1) is 5.69 Å². The molecule has 1 rings (SSSR count). The highest BCUT2D eigenvalue weighted by Gasteiger charge is 2.24. The van der Waals surface area contributed by atoms with E-state index in [1.54, 1.807) is 0 Å². The Morgan fingerprint density at radius 1 is 1.26 bits per heavy atom. The molecule has 0 amide bonds. The first-order valence-electron chi connectivity index (χ1n) is 7.21. The normalized spacial score (nSPS) is 14.5. The van der Waals surface area contributed by atoms with E-state index < -0.39 is 0 Å². The minimum atomic E-state index is 0.410. The van der Waals surface area contributed by atoms with E-state index in [4.69, 9.17) is 4.98 Å². The molecule has 0 aliphatic rings. The van der Waals surface area contributed by atoms with Gasteiger partial charge in [-0.3, -0.25) is 0 Å². The molecule has 1 heterocycles. The molecule has 4 nitrogen and oxygen atoms in total. The molecular weight excluding hydrogens is 236 g/mol. The summed E-state index contributed by atoms with van der Waals surface area (Å²) in [6.45, 7) is 10.0. The Kier molecular flexibility index (Phi) is 6.22. The van der Waals surface area contributed by atoms with Crippen LogP contribution < -0.4 is 10.2 Å². The molecule has 0 saturated carbocycles. The summed E-state index contributed by atoms with van der Waals surface area (Å²) in [4.78, 5) is 10.9. The van der Waals surface area contributed by atoms with Crippen LogP contribution in [0.25, 0.3) is 0 Å². The monoisotopic (exact) mass is 264 g/mol. The molecule has 0 aliphatic heterocycles. The lowest BCUT2D eigenvalue weighted by Crippen LogP contribution is -2.35. The van der Waals surface area contributed by atoms with Crippen LogP contribution in [0.3, 0.4) is 0 Å². The van der Waals surface area contributed by atoms with Crippen LogP contribution in [0.5, 0.6) is 0 Å². The summed E-state index contributed by atoms with van der Waals surface area (Å²) in [5, 5.41) is 3.59. The van der Waals surface area contributed by atoms with Gasteiger partial charge in [0.1, 0.15) is 0 Å². The molecule has 0 aliphatic carbocycles. The molecule has 1 aromatic rings. The number of anilines is 1. The lowest BCUT2D eigenvalue weighted by molar-refractivity contribution is 0.371. The second-order valence-electron chi connectivity index (χ2n) is 5.69. The molecule has 0 aromatic carbocycles. The van der Waals surface area contributed by atoms with Crippen molar-refractivity contribution in [1.82, 2.24) is 15.3 Å². The molecular formula is C15H28N4. The molecule has 0 saturated heterocycles. The first kappa shape index (κ1) is 15.9. The number of rotatable bonds is 7. The first-order valence-corrected chi connectivity index (χ1v) is 7.21. The van der Waals surface area contributed by atoms with Gasteiger partial charge in [-0.2, -0.15) is 0 Å². The summed E-state index contributed by atoms with van der Waals surface area (Å²) in [5.74, 6) is 1.74. The molecule has 108 valence electrons. The van der Waals surface area contributed by atoms with E-state index in [0.717, 1.165) is 24.6 Å². The highest BCUT2D eigenvalue weighted by Crippen LogP contribution is 2.27. The van der Waals surface area contributed by atoms with Gasteiger partial charge in [0.2, 0.25) is 5.95 Å². The average molecular weight is 264 g/mol. The number of hydrogen-bond donors (Lipinski definition) is 1. The van der Waals surface area contributed by atoms with Crippen molar-refractivity contribution < 1.29 is 0 Å². The fourth-order valence-electron chi connectivity index (χ4n) is 2.44. The van der Waals surface area contributed by atoms with Crippen LogP contribution in [0.1, 0.15) is 45.7 Å². The third-order valence-electron chi connectivity index (χ3n) is 3.38. The van der Waals surface area contributed by atoms with Crippen LogP contribution in [0.4, 0.5) is 5.95 Å². The zero-order chi connectivity index (χ0) is 14.4. The summed E-state index contributed by atoms with van der Waals surface area (Å²) in [6, 6.07) is 2.46. The zero-order valence-electron chi connectivity index (χ0n) is 13.1. The Balaban J connectivity index is 2.95. The minimum absolute atomic E-state index is 0.410. The maximum Gasteiger partial charge on any atom is 0.224 e. The highest BCUT2D eigenvalue weighted by molar-refractivity contribution is 5.28. The predicted molar refractivity (Wildman–Crippen MR) is 81.7 cm³/mol. The largest absolute Gasteiger partial charge is 0.347 e. The SMILES string of the molecule is CCCNC(C)C(c1ccnc(N(C)C)n1)C(C)C. The van der Waals surface area contributed by atoms with E-state index in [-0.39, 0.29) is 0 Å². The Morgan fingerprint density at radius 2 is 1.95 bits per heavy atom. The van der Waals surface area contributed by atoms with Gasteiger partial charge >= 0.3 is 0 Å². The Bertz CT molecular complexity index is 376. The van der Waals surface area contributed by atoms with Gasteiger partial charge in [-0.15, -0.1) is 0 Å². The summed E-state index contributed by atoms with van der Waals surface area (Å²) in [6.07, 6.45) is 3.02. The average Bonchev–Trinajstić information content (AvgIpc) is 2.36. The van der Waals surface area contributed by atoms with E-state index in [2.05, 4.69) is 38.0 Å². The molecule has 2 atom stereocenters. The maximum absolute atomic E-state index is 4.70. The molecule has 2 unspecified atom stereocenters. The summed E-state index contributed by atoms with van der Waals surface area (Å²) in [5.41, 5.74) is 1.13. The van der Waals surface area contributed by atoms with Crippen LogP contribution in [0, 0.1) is 5.92 Å². The Labute approximate surface area is 117 Å². The second kappa shape index (κ2) is 7.43. The van der Waals surface area contributed by atoms with Crippen molar-refractivity contribution in [3.05, 3.63) is 18.0 Å². The van der Waals surface area contributed by atoms with E-state index in [0.29, 0.717) is 17.9 Å². The molecule has 19 heavy (non-hydrogen) atoms. The fraction of sp³-hybridized carbons (Fsp3) is 0.733. The van der Waals surface area contributed by atoms with Crippen molar-refractivity contribution in [2.75, 3.05) is 25.5 Å². The standard InChI is InChI=1S/C15H28N4/c1-7-9-16-12(4)14(11(2)3)13-8-10-17-15(18-13)19(5)6/h8,10-12,14,16H,7,9H2,1-6H3. The topological polar surface area (TPSA) is 41.1 Å². The van der Waals surface area contributed by atoms with Crippen LogP contribution in [-0.2, 0) is 0 Å². The van der Waals surface area contributed by atoms with Crippen LogP contribution in [0.15, 0.2) is 12.3 Å². The van der Waals surface area contributed by atoms with E-state index in [1.165, 1.54) is 0 Å². The van der Waals surface area contributed by atoms with Crippen molar-refractivity contribution in [2.45, 2.75) is 46.1 Å². The minimum Gasteiger partial charge on any atom is -0.347 e. The second-order valence-corrected chi connectivity index (χ2v) is 5.69. The molecule has 0 bridgehead atoms. The van der Waals surface area contributed by atoms with Crippen molar-refractivity contribution >= 4 is 5.95 Å². The smallest absolute Gasteiger partial charge is 0.224 e. The summed E-state index contributed by atoms with van der Waals surface area (Å²) in [7, 11) is 3.95. The predicted octanol–water partition coefficient (Wildman–Crippen LogP) is 2.67. The lowest BCUT2D eigenvalue weighted by Gasteiger charge is -2.28. The number of hydrogen-bond acceptors (Lipinski definition) is 4.